The normalized spacial score (nSPS) is 44.2. The standard InChI is InChI=1S/C28H49NS/c1-19(2)8-7-9-20(3)24-12-13-25-23-11-10-21-18-22(30-29-6)14-16-27(21,4)26(23)15-17-28(24,25)5/h10,19-20,22-26,29H,7-9,11-18H2,1-6H3/t20-,22-,23+,24-,25+,26+,27+,28-/m1/s1. The van der Waals surface area contributed by atoms with Gasteiger partial charge in [-0.05, 0) is 105 Å². The van der Waals surface area contributed by atoms with Gasteiger partial charge < -0.3 is 0 Å². The van der Waals surface area contributed by atoms with Crippen LogP contribution in [0.5, 0.6) is 0 Å². The molecule has 0 spiro atoms. The molecular formula is C28H49NS. The van der Waals surface area contributed by atoms with Crippen LogP contribution in [0.3, 0.4) is 0 Å². The van der Waals surface area contributed by atoms with Crippen LogP contribution in [0.2, 0.25) is 0 Å². The predicted molar refractivity (Wildman–Crippen MR) is 133 cm³/mol. The SMILES string of the molecule is CNS[C@@H]1CC[C@@]2(C)C(=CC[C@H]3[C@@H]4CC[C@H]([C@H](C)CCCC(C)C)[C@@]4(C)CC[C@@H]32)C1. The number of nitrogens with one attached hydrogen (secondary N) is 1. The smallest absolute Gasteiger partial charge is 0.0230 e. The first-order valence-corrected chi connectivity index (χ1v) is 14.2. The third-order valence-corrected chi connectivity index (χ3v) is 11.5. The summed E-state index contributed by atoms with van der Waals surface area (Å²) in [6.07, 6.45) is 18.7. The predicted octanol–water partition coefficient (Wildman–Crippen LogP) is 8.26. The lowest BCUT2D eigenvalue weighted by Crippen LogP contribution is -2.50. The Kier molecular flexibility index (Phi) is 7.06. The van der Waals surface area contributed by atoms with Crippen molar-refractivity contribution in [1.82, 2.24) is 4.72 Å². The second-order valence-corrected chi connectivity index (χ2v) is 13.8. The largest absolute Gasteiger partial charge is 0.267 e. The van der Waals surface area contributed by atoms with Crippen molar-refractivity contribution in [2.45, 2.75) is 110 Å². The molecule has 0 bridgehead atoms. The Hall–Kier alpha value is 0.0500. The lowest BCUT2D eigenvalue weighted by Gasteiger charge is -2.58. The van der Waals surface area contributed by atoms with Crippen LogP contribution in [-0.4, -0.2) is 12.3 Å². The van der Waals surface area contributed by atoms with Gasteiger partial charge >= 0.3 is 0 Å². The fourth-order valence-electron chi connectivity index (χ4n) is 8.92. The molecule has 3 fully saturated rings. The maximum absolute atomic E-state index is 3.36. The topological polar surface area (TPSA) is 12.0 Å². The van der Waals surface area contributed by atoms with Crippen molar-refractivity contribution in [3.8, 4) is 0 Å². The number of hydrogen-bond acceptors (Lipinski definition) is 2. The van der Waals surface area contributed by atoms with E-state index in [4.69, 9.17) is 0 Å². The second kappa shape index (κ2) is 9.12. The van der Waals surface area contributed by atoms with E-state index in [1.165, 1.54) is 70.6 Å². The Morgan fingerprint density at radius 2 is 1.83 bits per heavy atom. The van der Waals surface area contributed by atoms with Crippen molar-refractivity contribution in [2.24, 2.45) is 46.3 Å². The third-order valence-electron chi connectivity index (χ3n) is 10.5. The van der Waals surface area contributed by atoms with Crippen LogP contribution in [0.1, 0.15) is 105 Å². The Morgan fingerprint density at radius 3 is 2.57 bits per heavy atom. The van der Waals surface area contributed by atoms with Crippen LogP contribution in [0.4, 0.5) is 0 Å². The van der Waals surface area contributed by atoms with E-state index in [0.29, 0.717) is 10.8 Å². The van der Waals surface area contributed by atoms with E-state index < -0.39 is 0 Å². The van der Waals surface area contributed by atoms with Gasteiger partial charge in [-0.25, -0.2) is 0 Å². The fourth-order valence-corrected chi connectivity index (χ4v) is 9.75. The van der Waals surface area contributed by atoms with E-state index in [1.54, 1.807) is 0 Å². The van der Waals surface area contributed by atoms with Crippen LogP contribution < -0.4 is 4.72 Å². The summed E-state index contributed by atoms with van der Waals surface area (Å²) in [5.74, 6) is 5.70. The molecule has 0 radical (unpaired) electrons. The van der Waals surface area contributed by atoms with E-state index in [9.17, 15) is 0 Å². The van der Waals surface area contributed by atoms with Crippen LogP contribution >= 0.6 is 11.9 Å². The van der Waals surface area contributed by atoms with Gasteiger partial charge in [-0.15, -0.1) is 0 Å². The molecule has 0 heterocycles. The minimum absolute atomic E-state index is 0.510. The zero-order valence-electron chi connectivity index (χ0n) is 20.8. The number of fused-ring (bicyclic) bond motifs is 5. The summed E-state index contributed by atoms with van der Waals surface area (Å²) in [6.45, 7) is 12.8. The summed E-state index contributed by atoms with van der Waals surface area (Å²) in [4.78, 5) is 0. The Labute approximate surface area is 192 Å². The Morgan fingerprint density at radius 1 is 1.03 bits per heavy atom. The van der Waals surface area contributed by atoms with Crippen molar-refractivity contribution >= 4 is 11.9 Å². The second-order valence-electron chi connectivity index (χ2n) is 12.5. The molecule has 8 atom stereocenters. The maximum atomic E-state index is 3.36. The molecule has 0 aromatic rings. The molecule has 2 heteroatoms. The zero-order valence-corrected chi connectivity index (χ0v) is 21.6. The highest BCUT2D eigenvalue weighted by molar-refractivity contribution is 7.98. The van der Waals surface area contributed by atoms with Gasteiger partial charge in [0.2, 0.25) is 0 Å². The molecule has 1 N–H and O–H groups in total. The summed E-state index contributed by atoms with van der Waals surface area (Å²) in [5.41, 5.74) is 2.97. The van der Waals surface area contributed by atoms with Crippen LogP contribution in [0.15, 0.2) is 11.6 Å². The number of allylic oxidation sites excluding steroid dienone is 2. The van der Waals surface area contributed by atoms with E-state index in [0.717, 1.165) is 40.8 Å². The lowest BCUT2D eigenvalue weighted by molar-refractivity contribution is -0.0497. The first-order chi connectivity index (χ1) is 14.3. The van der Waals surface area contributed by atoms with Gasteiger partial charge in [-0.2, -0.15) is 0 Å². The highest BCUT2D eigenvalue weighted by Gasteiger charge is 2.59. The summed E-state index contributed by atoms with van der Waals surface area (Å²) in [5, 5.41) is 0.794. The summed E-state index contributed by atoms with van der Waals surface area (Å²) >= 11 is 1.97. The minimum atomic E-state index is 0.510. The molecular weight excluding hydrogens is 382 g/mol. The summed E-state index contributed by atoms with van der Waals surface area (Å²) in [6, 6.07) is 0. The zero-order chi connectivity index (χ0) is 21.5. The Bertz CT molecular complexity index is 626. The molecule has 0 aromatic carbocycles. The molecule has 0 aromatic heterocycles. The van der Waals surface area contributed by atoms with Gasteiger partial charge in [0.15, 0.2) is 0 Å². The van der Waals surface area contributed by atoms with Crippen LogP contribution in [-0.2, 0) is 0 Å². The van der Waals surface area contributed by atoms with Gasteiger partial charge in [-0.1, -0.05) is 77.5 Å². The molecule has 0 saturated heterocycles. The average molecular weight is 432 g/mol. The molecule has 0 aliphatic heterocycles. The van der Waals surface area contributed by atoms with Crippen molar-refractivity contribution < 1.29 is 0 Å². The van der Waals surface area contributed by atoms with Gasteiger partial charge in [-0.3, -0.25) is 4.72 Å². The minimum Gasteiger partial charge on any atom is -0.267 e. The third kappa shape index (κ3) is 4.07. The quantitative estimate of drug-likeness (QED) is 0.321. The Balaban J connectivity index is 1.47. The van der Waals surface area contributed by atoms with E-state index in [1.807, 2.05) is 17.5 Å². The molecule has 1 nitrogen and oxygen atoms in total. The molecule has 30 heavy (non-hydrogen) atoms. The molecule has 0 unspecified atom stereocenters. The van der Waals surface area contributed by atoms with Crippen LogP contribution in [0, 0.1) is 46.3 Å². The molecule has 4 aliphatic carbocycles. The van der Waals surface area contributed by atoms with Gasteiger partial charge in [0.25, 0.3) is 0 Å². The highest BCUT2D eigenvalue weighted by Crippen LogP contribution is 2.67. The van der Waals surface area contributed by atoms with Gasteiger partial charge in [0.05, 0.1) is 0 Å². The van der Waals surface area contributed by atoms with E-state index in [-0.39, 0.29) is 0 Å². The fraction of sp³-hybridized carbons (Fsp3) is 0.929. The van der Waals surface area contributed by atoms with Crippen LogP contribution in [0.25, 0.3) is 0 Å². The average Bonchev–Trinajstić information content (AvgIpc) is 3.05. The highest BCUT2D eigenvalue weighted by atomic mass is 32.2. The monoisotopic (exact) mass is 431 g/mol. The van der Waals surface area contributed by atoms with Crippen molar-refractivity contribution in [3.05, 3.63) is 11.6 Å². The molecule has 0 amide bonds. The van der Waals surface area contributed by atoms with Gasteiger partial charge in [0.1, 0.15) is 0 Å². The lowest BCUT2D eigenvalue weighted by atomic mass is 9.47. The summed E-state index contributed by atoms with van der Waals surface area (Å²) in [7, 11) is 2.09. The molecule has 4 aliphatic rings. The first-order valence-electron chi connectivity index (χ1n) is 13.3. The molecule has 3 saturated carbocycles. The van der Waals surface area contributed by atoms with E-state index >= 15 is 0 Å². The maximum Gasteiger partial charge on any atom is 0.0230 e. The number of rotatable bonds is 7. The summed E-state index contributed by atoms with van der Waals surface area (Å²) < 4.78 is 3.36. The van der Waals surface area contributed by atoms with Gasteiger partial charge in [0, 0.05) is 5.25 Å². The first kappa shape index (κ1) is 23.2. The van der Waals surface area contributed by atoms with E-state index in [2.05, 4.69) is 52.5 Å². The van der Waals surface area contributed by atoms with Crippen molar-refractivity contribution in [2.75, 3.05) is 7.05 Å². The van der Waals surface area contributed by atoms with Crippen molar-refractivity contribution in [3.63, 3.8) is 0 Å². The number of hydrogen-bond donors (Lipinski definition) is 1. The molecule has 4 rings (SSSR count). The molecule has 172 valence electrons. The van der Waals surface area contributed by atoms with Crippen molar-refractivity contribution in [1.29, 1.82) is 0 Å².